The van der Waals surface area contributed by atoms with Crippen LogP contribution < -0.4 is 9.47 Å². The number of carbonyl (C=O) groups excluding carboxylic acids is 2. The van der Waals surface area contributed by atoms with Gasteiger partial charge in [-0.1, -0.05) is 0 Å². The van der Waals surface area contributed by atoms with E-state index < -0.39 is 0 Å². The van der Waals surface area contributed by atoms with E-state index in [9.17, 15) is 9.59 Å². The fourth-order valence-corrected chi connectivity index (χ4v) is 2.23. The van der Waals surface area contributed by atoms with Gasteiger partial charge in [0, 0.05) is 19.2 Å². The van der Waals surface area contributed by atoms with E-state index in [0.29, 0.717) is 21.5 Å². The quantitative estimate of drug-likeness (QED) is 0.727. The van der Waals surface area contributed by atoms with Crippen LogP contribution in [0.25, 0.3) is 0 Å². The lowest BCUT2D eigenvalue weighted by Gasteiger charge is -2.18. The van der Waals surface area contributed by atoms with E-state index in [4.69, 9.17) is 9.47 Å². The van der Waals surface area contributed by atoms with Gasteiger partial charge >= 0.3 is 5.97 Å². The van der Waals surface area contributed by atoms with E-state index in [1.54, 1.807) is 19.2 Å². The summed E-state index contributed by atoms with van der Waals surface area (Å²) >= 11 is 3.34. The van der Waals surface area contributed by atoms with Gasteiger partial charge in [-0.2, -0.15) is 0 Å². The number of methoxy groups -OCH3 is 3. The van der Waals surface area contributed by atoms with Crippen LogP contribution in [0.15, 0.2) is 16.6 Å². The zero-order chi connectivity index (χ0) is 16.0. The molecule has 0 heterocycles. The van der Waals surface area contributed by atoms with Crippen LogP contribution in [0.2, 0.25) is 0 Å². The highest BCUT2D eigenvalue weighted by Gasteiger charge is 2.18. The second-order valence-electron chi connectivity index (χ2n) is 4.25. The van der Waals surface area contributed by atoms with Crippen molar-refractivity contribution in [2.75, 3.05) is 34.9 Å². The van der Waals surface area contributed by atoms with Crippen molar-refractivity contribution in [2.45, 2.75) is 6.42 Å². The van der Waals surface area contributed by atoms with Gasteiger partial charge < -0.3 is 19.1 Å². The van der Waals surface area contributed by atoms with E-state index in [0.717, 1.165) is 0 Å². The van der Waals surface area contributed by atoms with Gasteiger partial charge in [0.15, 0.2) is 0 Å². The van der Waals surface area contributed by atoms with Gasteiger partial charge in [0.05, 0.1) is 27.8 Å². The van der Waals surface area contributed by atoms with Crippen LogP contribution in [0.3, 0.4) is 0 Å². The zero-order valence-electron chi connectivity index (χ0n) is 12.4. The summed E-state index contributed by atoms with van der Waals surface area (Å²) in [5.74, 6) is 0.404. The summed E-state index contributed by atoms with van der Waals surface area (Å²) in [7, 11) is 5.95. The summed E-state index contributed by atoms with van der Waals surface area (Å²) in [4.78, 5) is 24.9. The zero-order valence-corrected chi connectivity index (χ0v) is 14.0. The second-order valence-corrected chi connectivity index (χ2v) is 5.04. The van der Waals surface area contributed by atoms with Crippen LogP contribution in [-0.2, 0) is 9.53 Å². The molecule has 0 aliphatic heterocycles. The molecule has 0 aliphatic carbocycles. The first-order valence-corrected chi connectivity index (χ1v) is 6.97. The number of amides is 1. The molecule has 0 aliphatic rings. The molecule has 0 radical (unpaired) electrons. The molecule has 0 atom stereocenters. The number of rotatable bonds is 6. The van der Waals surface area contributed by atoms with Gasteiger partial charge in [-0.15, -0.1) is 0 Å². The monoisotopic (exact) mass is 359 g/mol. The number of benzene rings is 1. The van der Waals surface area contributed by atoms with Crippen molar-refractivity contribution in [3.05, 3.63) is 22.2 Å². The van der Waals surface area contributed by atoms with Crippen LogP contribution in [0, 0.1) is 0 Å². The molecule has 0 unspecified atom stereocenters. The Morgan fingerprint density at radius 2 is 1.67 bits per heavy atom. The molecule has 0 saturated heterocycles. The molecule has 0 N–H and O–H groups in total. The predicted molar refractivity (Wildman–Crippen MR) is 80.8 cm³/mol. The minimum Gasteiger partial charge on any atom is -0.495 e. The number of nitrogens with zero attached hydrogens (tertiary/aromatic N) is 1. The molecule has 0 bridgehead atoms. The summed E-state index contributed by atoms with van der Waals surface area (Å²) in [5, 5.41) is 0. The van der Waals surface area contributed by atoms with Gasteiger partial charge in [0.2, 0.25) is 0 Å². The number of ether oxygens (including phenoxy) is 3. The largest absolute Gasteiger partial charge is 0.495 e. The maximum Gasteiger partial charge on any atom is 0.307 e. The maximum atomic E-state index is 12.3. The van der Waals surface area contributed by atoms with Gasteiger partial charge in [-0.3, -0.25) is 9.59 Å². The fourth-order valence-electron chi connectivity index (χ4n) is 1.68. The molecule has 116 valence electrons. The minimum atomic E-state index is -0.361. The summed E-state index contributed by atoms with van der Waals surface area (Å²) in [6.45, 7) is 0.270. The summed E-state index contributed by atoms with van der Waals surface area (Å²) in [6.07, 6.45) is 0.142. The SMILES string of the molecule is COC(=O)CCN(C)C(=O)c1cc(OC)c(Br)c(OC)c1. The van der Waals surface area contributed by atoms with E-state index in [1.165, 1.54) is 26.2 Å². The molecule has 1 amide bonds. The van der Waals surface area contributed by atoms with Crippen molar-refractivity contribution in [1.82, 2.24) is 4.90 Å². The number of hydrogen-bond donors (Lipinski definition) is 0. The lowest BCUT2D eigenvalue weighted by molar-refractivity contribution is -0.140. The molecule has 1 aromatic rings. The molecule has 0 fully saturated rings. The third-order valence-electron chi connectivity index (χ3n) is 2.92. The van der Waals surface area contributed by atoms with Gasteiger partial charge in [0.1, 0.15) is 16.0 Å². The summed E-state index contributed by atoms with van der Waals surface area (Å²) in [6, 6.07) is 3.23. The van der Waals surface area contributed by atoms with Gasteiger partial charge in [0.25, 0.3) is 5.91 Å². The van der Waals surface area contributed by atoms with Gasteiger partial charge in [-0.05, 0) is 28.1 Å². The number of carbonyl (C=O) groups is 2. The number of esters is 1. The topological polar surface area (TPSA) is 65.1 Å². The molecule has 0 saturated carbocycles. The molecule has 7 heteroatoms. The molecule has 1 aromatic carbocycles. The van der Waals surface area contributed by atoms with Crippen LogP contribution in [0.4, 0.5) is 0 Å². The molecule has 1 rings (SSSR count). The highest BCUT2D eigenvalue weighted by atomic mass is 79.9. The van der Waals surface area contributed by atoms with Crippen LogP contribution >= 0.6 is 15.9 Å². The molecule has 6 nitrogen and oxygen atoms in total. The fraction of sp³-hybridized carbons (Fsp3) is 0.429. The Kier molecular flexibility index (Phi) is 6.48. The first-order valence-electron chi connectivity index (χ1n) is 6.18. The molecule has 21 heavy (non-hydrogen) atoms. The molecular formula is C14H18BrNO5. The van der Waals surface area contributed by atoms with Crippen LogP contribution in [0.1, 0.15) is 16.8 Å². The highest BCUT2D eigenvalue weighted by Crippen LogP contribution is 2.35. The average Bonchev–Trinajstić information content (AvgIpc) is 2.51. The lowest BCUT2D eigenvalue weighted by atomic mass is 10.1. The second kappa shape index (κ2) is 7.87. The van der Waals surface area contributed by atoms with Crippen LogP contribution in [-0.4, -0.2) is 51.7 Å². The molecule has 0 aromatic heterocycles. The Balaban J connectivity index is 2.93. The summed E-state index contributed by atoms with van der Waals surface area (Å²) in [5.41, 5.74) is 0.416. The Morgan fingerprint density at radius 1 is 1.14 bits per heavy atom. The highest BCUT2D eigenvalue weighted by molar-refractivity contribution is 9.10. The van der Waals surface area contributed by atoms with Crippen molar-refractivity contribution in [3.8, 4) is 11.5 Å². The van der Waals surface area contributed by atoms with Crippen LogP contribution in [0.5, 0.6) is 11.5 Å². The van der Waals surface area contributed by atoms with Crippen molar-refractivity contribution < 1.29 is 23.8 Å². The van der Waals surface area contributed by atoms with E-state index in [2.05, 4.69) is 20.7 Å². The van der Waals surface area contributed by atoms with Gasteiger partial charge in [-0.25, -0.2) is 0 Å². The Morgan fingerprint density at radius 3 is 2.10 bits per heavy atom. The molecule has 0 spiro atoms. The normalized spacial score (nSPS) is 9.95. The van der Waals surface area contributed by atoms with Crippen molar-refractivity contribution >= 4 is 27.8 Å². The third kappa shape index (κ3) is 4.35. The van der Waals surface area contributed by atoms with E-state index >= 15 is 0 Å². The standard InChI is InChI=1S/C14H18BrNO5/c1-16(6-5-12(17)21-4)14(18)9-7-10(19-2)13(15)11(8-9)20-3/h7-8H,5-6H2,1-4H3. The first-order chi connectivity index (χ1) is 9.94. The van der Waals surface area contributed by atoms with Crippen molar-refractivity contribution in [1.29, 1.82) is 0 Å². The number of halogens is 1. The average molecular weight is 360 g/mol. The minimum absolute atomic E-state index is 0.142. The third-order valence-corrected chi connectivity index (χ3v) is 3.70. The maximum absolute atomic E-state index is 12.3. The van der Waals surface area contributed by atoms with Crippen molar-refractivity contribution in [2.24, 2.45) is 0 Å². The first kappa shape index (κ1) is 17.3. The Labute approximate surface area is 132 Å². The Hall–Kier alpha value is -1.76. The number of hydrogen-bond acceptors (Lipinski definition) is 5. The molecular weight excluding hydrogens is 342 g/mol. The summed E-state index contributed by atoms with van der Waals surface area (Å²) < 4.78 is 15.6. The lowest BCUT2D eigenvalue weighted by Crippen LogP contribution is -2.29. The predicted octanol–water partition coefficient (Wildman–Crippen LogP) is 2.10. The van der Waals surface area contributed by atoms with E-state index in [1.807, 2.05) is 0 Å². The van der Waals surface area contributed by atoms with E-state index in [-0.39, 0.29) is 24.8 Å². The smallest absolute Gasteiger partial charge is 0.307 e. The Bertz CT molecular complexity index is 507. The van der Waals surface area contributed by atoms with Crippen molar-refractivity contribution in [3.63, 3.8) is 0 Å².